The highest BCUT2D eigenvalue weighted by Crippen LogP contribution is 2.32. The molecule has 0 aromatic heterocycles. The predicted molar refractivity (Wildman–Crippen MR) is 99.1 cm³/mol. The molecule has 2 aromatic carbocycles. The zero-order valence-corrected chi connectivity index (χ0v) is 15.0. The number of hydrogen-bond donors (Lipinski definition) is 1. The summed E-state index contributed by atoms with van der Waals surface area (Å²) in [6, 6.07) is 15.5. The summed E-state index contributed by atoms with van der Waals surface area (Å²) in [5.74, 6) is -0.0107. The van der Waals surface area contributed by atoms with Gasteiger partial charge in [-0.1, -0.05) is 34.1 Å². The van der Waals surface area contributed by atoms with Gasteiger partial charge in [-0.15, -0.1) is 0 Å². The molecule has 0 bridgehead atoms. The van der Waals surface area contributed by atoms with Crippen molar-refractivity contribution >= 4 is 39.1 Å². The van der Waals surface area contributed by atoms with Crippen LogP contribution in [0.1, 0.15) is 25.3 Å². The molecule has 1 saturated carbocycles. The minimum absolute atomic E-state index is 0.0585. The van der Waals surface area contributed by atoms with Gasteiger partial charge in [0.25, 0.3) is 0 Å². The molecule has 124 valence electrons. The van der Waals surface area contributed by atoms with E-state index in [2.05, 4.69) is 21.2 Å². The second-order valence-electron chi connectivity index (χ2n) is 5.98. The number of rotatable bonds is 5. The van der Waals surface area contributed by atoms with E-state index in [0.717, 1.165) is 34.3 Å². The Hall–Kier alpha value is -2.14. The van der Waals surface area contributed by atoms with Gasteiger partial charge in [0.05, 0.1) is 6.42 Å². The third-order valence-electron chi connectivity index (χ3n) is 3.99. The number of benzene rings is 2. The first kappa shape index (κ1) is 16.7. The van der Waals surface area contributed by atoms with Gasteiger partial charge in [-0.05, 0) is 48.7 Å². The molecule has 0 aliphatic heterocycles. The molecule has 1 N–H and O–H groups in total. The van der Waals surface area contributed by atoms with Gasteiger partial charge in [-0.3, -0.25) is 9.59 Å². The van der Waals surface area contributed by atoms with Crippen LogP contribution in [0.15, 0.2) is 53.0 Å². The van der Waals surface area contributed by atoms with Crippen LogP contribution in [0.3, 0.4) is 0 Å². The van der Waals surface area contributed by atoms with E-state index in [9.17, 15) is 9.59 Å². The van der Waals surface area contributed by atoms with Crippen LogP contribution < -0.4 is 10.2 Å². The standard InChI is InChI=1S/C19H19BrN2O2/c1-13(23)22(17-10-11-17)16-8-6-15(7-9-16)21-19(24)12-14-4-2-3-5-18(14)20/h2-9,17H,10-12H2,1H3,(H,21,24). The zero-order chi connectivity index (χ0) is 17.1. The first-order valence-electron chi connectivity index (χ1n) is 7.97. The zero-order valence-electron chi connectivity index (χ0n) is 13.5. The third-order valence-corrected chi connectivity index (χ3v) is 4.76. The first-order chi connectivity index (χ1) is 11.5. The topological polar surface area (TPSA) is 49.4 Å². The Kier molecular flexibility index (Phi) is 5.00. The number of amides is 2. The van der Waals surface area contributed by atoms with E-state index in [4.69, 9.17) is 0 Å². The molecule has 1 aliphatic carbocycles. The molecule has 1 aliphatic rings. The number of carbonyl (C=O) groups excluding carboxylic acids is 2. The number of carbonyl (C=O) groups is 2. The Balaban J connectivity index is 1.64. The predicted octanol–water partition coefficient (Wildman–Crippen LogP) is 4.15. The molecule has 4 nitrogen and oxygen atoms in total. The SMILES string of the molecule is CC(=O)N(c1ccc(NC(=O)Cc2ccccc2Br)cc1)C1CC1. The molecule has 5 heteroatoms. The van der Waals surface area contributed by atoms with Crippen molar-refractivity contribution in [2.45, 2.75) is 32.2 Å². The molecule has 2 amide bonds. The van der Waals surface area contributed by atoms with Gasteiger partial charge >= 0.3 is 0 Å². The quantitative estimate of drug-likeness (QED) is 0.838. The van der Waals surface area contributed by atoms with Crippen LogP contribution in [-0.2, 0) is 16.0 Å². The molecule has 0 unspecified atom stereocenters. The number of halogens is 1. The Bertz CT molecular complexity index is 754. The monoisotopic (exact) mass is 386 g/mol. The van der Waals surface area contributed by atoms with Gasteiger partial charge in [0.2, 0.25) is 11.8 Å². The fraction of sp³-hybridized carbons (Fsp3) is 0.263. The van der Waals surface area contributed by atoms with Crippen LogP contribution >= 0.6 is 15.9 Å². The Morgan fingerprint density at radius 2 is 1.79 bits per heavy atom. The normalized spacial score (nSPS) is 13.4. The number of hydrogen-bond acceptors (Lipinski definition) is 2. The second kappa shape index (κ2) is 7.18. The third kappa shape index (κ3) is 4.03. The molecule has 0 atom stereocenters. The minimum atomic E-state index is -0.0692. The molecule has 0 radical (unpaired) electrons. The van der Waals surface area contributed by atoms with Crippen molar-refractivity contribution in [2.75, 3.05) is 10.2 Å². The lowest BCUT2D eigenvalue weighted by molar-refractivity contribution is -0.117. The molecule has 1 fully saturated rings. The summed E-state index contributed by atoms with van der Waals surface area (Å²) in [6.07, 6.45) is 2.43. The molecule has 0 spiro atoms. The van der Waals surface area contributed by atoms with Gasteiger partial charge in [0.15, 0.2) is 0 Å². The summed E-state index contributed by atoms with van der Waals surface area (Å²) in [7, 11) is 0. The maximum atomic E-state index is 12.2. The van der Waals surface area contributed by atoms with Crippen LogP contribution in [-0.4, -0.2) is 17.9 Å². The number of nitrogens with zero attached hydrogens (tertiary/aromatic N) is 1. The van der Waals surface area contributed by atoms with Gasteiger partial charge in [0.1, 0.15) is 0 Å². The summed E-state index contributed by atoms with van der Waals surface area (Å²) < 4.78 is 0.928. The van der Waals surface area contributed by atoms with E-state index in [-0.39, 0.29) is 11.8 Å². The highest BCUT2D eigenvalue weighted by molar-refractivity contribution is 9.10. The van der Waals surface area contributed by atoms with Gasteiger partial charge < -0.3 is 10.2 Å². The van der Waals surface area contributed by atoms with E-state index >= 15 is 0 Å². The van der Waals surface area contributed by atoms with Crippen molar-refractivity contribution < 1.29 is 9.59 Å². The van der Waals surface area contributed by atoms with Crippen molar-refractivity contribution in [2.24, 2.45) is 0 Å². The fourth-order valence-electron chi connectivity index (χ4n) is 2.71. The van der Waals surface area contributed by atoms with Crippen LogP contribution in [0.5, 0.6) is 0 Å². The fourth-order valence-corrected chi connectivity index (χ4v) is 3.13. The average Bonchev–Trinajstić information content (AvgIpc) is 3.36. The second-order valence-corrected chi connectivity index (χ2v) is 6.84. The van der Waals surface area contributed by atoms with Crippen LogP contribution in [0, 0.1) is 0 Å². The van der Waals surface area contributed by atoms with Crippen molar-refractivity contribution in [3.8, 4) is 0 Å². The molecule has 0 saturated heterocycles. The van der Waals surface area contributed by atoms with Gasteiger partial charge in [0, 0.05) is 28.8 Å². The summed E-state index contributed by atoms with van der Waals surface area (Å²) >= 11 is 3.45. The van der Waals surface area contributed by atoms with E-state index in [0.29, 0.717) is 12.5 Å². The number of anilines is 2. The van der Waals surface area contributed by atoms with Gasteiger partial charge in [-0.25, -0.2) is 0 Å². The van der Waals surface area contributed by atoms with Crippen LogP contribution in [0.25, 0.3) is 0 Å². The van der Waals surface area contributed by atoms with E-state index in [1.165, 1.54) is 0 Å². The molecular formula is C19H19BrN2O2. The first-order valence-corrected chi connectivity index (χ1v) is 8.77. The summed E-state index contributed by atoms with van der Waals surface area (Å²) in [5, 5.41) is 2.89. The molecule has 0 heterocycles. The van der Waals surface area contributed by atoms with E-state index in [1.54, 1.807) is 6.92 Å². The minimum Gasteiger partial charge on any atom is -0.326 e. The van der Waals surface area contributed by atoms with Gasteiger partial charge in [-0.2, -0.15) is 0 Å². The largest absolute Gasteiger partial charge is 0.326 e. The molecular weight excluding hydrogens is 368 g/mol. The lowest BCUT2D eigenvalue weighted by Gasteiger charge is -2.21. The maximum Gasteiger partial charge on any atom is 0.228 e. The molecule has 3 rings (SSSR count). The van der Waals surface area contributed by atoms with E-state index in [1.807, 2.05) is 53.4 Å². The average molecular weight is 387 g/mol. The summed E-state index contributed by atoms with van der Waals surface area (Å²) in [6.45, 7) is 1.59. The lowest BCUT2D eigenvalue weighted by Crippen LogP contribution is -2.30. The number of nitrogens with one attached hydrogen (secondary N) is 1. The van der Waals surface area contributed by atoms with E-state index < -0.39 is 0 Å². The van der Waals surface area contributed by atoms with Crippen LogP contribution in [0.4, 0.5) is 11.4 Å². The molecule has 24 heavy (non-hydrogen) atoms. The van der Waals surface area contributed by atoms with Crippen molar-refractivity contribution in [3.63, 3.8) is 0 Å². The Morgan fingerprint density at radius 1 is 1.12 bits per heavy atom. The summed E-state index contributed by atoms with van der Waals surface area (Å²) in [4.78, 5) is 25.8. The van der Waals surface area contributed by atoms with Crippen molar-refractivity contribution in [1.82, 2.24) is 0 Å². The highest BCUT2D eigenvalue weighted by Gasteiger charge is 2.31. The molecule has 2 aromatic rings. The smallest absolute Gasteiger partial charge is 0.228 e. The Labute approximate surface area is 150 Å². The van der Waals surface area contributed by atoms with Crippen LogP contribution in [0.2, 0.25) is 0 Å². The highest BCUT2D eigenvalue weighted by atomic mass is 79.9. The summed E-state index contributed by atoms with van der Waals surface area (Å²) in [5.41, 5.74) is 2.56. The Morgan fingerprint density at radius 3 is 2.38 bits per heavy atom. The van der Waals surface area contributed by atoms with Crippen molar-refractivity contribution in [1.29, 1.82) is 0 Å². The lowest BCUT2D eigenvalue weighted by atomic mass is 10.1. The maximum absolute atomic E-state index is 12.2. The van der Waals surface area contributed by atoms with Crippen molar-refractivity contribution in [3.05, 3.63) is 58.6 Å².